The van der Waals surface area contributed by atoms with Crippen LogP contribution in [-0.2, 0) is 11.3 Å². The van der Waals surface area contributed by atoms with Crippen LogP contribution >= 0.6 is 11.6 Å². The number of halogens is 1. The van der Waals surface area contributed by atoms with Crippen LogP contribution in [0, 0.1) is 0 Å². The number of ether oxygens (including phenoxy) is 3. The molecule has 0 heterocycles. The summed E-state index contributed by atoms with van der Waals surface area (Å²) in [5.41, 5.74) is 0.987. The summed E-state index contributed by atoms with van der Waals surface area (Å²) in [6.45, 7) is 7.59. The molecule has 6 nitrogen and oxygen atoms in total. The molecule has 0 spiro atoms. The molecule has 1 aromatic rings. The van der Waals surface area contributed by atoms with E-state index in [0.29, 0.717) is 29.7 Å². The standard InChI is InChI=1S/C19H32ClN3O3/c1-5-7-10-25-11-8-9-22-19(21-3)23-14-15-12-16(20)18(26-6-2)17(13-15)24-4/h12-13H,5-11,14H2,1-4H3,(H2,21,22,23). The largest absolute Gasteiger partial charge is 0.493 e. The molecule has 0 unspecified atom stereocenters. The second kappa shape index (κ2) is 13.5. The Morgan fingerprint density at radius 3 is 2.58 bits per heavy atom. The fraction of sp³-hybridized carbons (Fsp3) is 0.632. The van der Waals surface area contributed by atoms with Gasteiger partial charge in [-0.3, -0.25) is 4.99 Å². The molecular weight excluding hydrogens is 354 g/mol. The summed E-state index contributed by atoms with van der Waals surface area (Å²) >= 11 is 6.30. The Kier molecular flexibility index (Phi) is 11.6. The molecule has 0 bridgehead atoms. The van der Waals surface area contributed by atoms with Gasteiger partial charge in [-0.25, -0.2) is 0 Å². The van der Waals surface area contributed by atoms with Crippen LogP contribution in [0.15, 0.2) is 17.1 Å². The summed E-state index contributed by atoms with van der Waals surface area (Å²) in [6, 6.07) is 3.79. The Morgan fingerprint density at radius 1 is 1.15 bits per heavy atom. The summed E-state index contributed by atoms with van der Waals surface area (Å²) in [5, 5.41) is 7.08. The molecular formula is C19H32ClN3O3. The lowest BCUT2D eigenvalue weighted by Crippen LogP contribution is -2.37. The van der Waals surface area contributed by atoms with Gasteiger partial charge >= 0.3 is 0 Å². The lowest BCUT2D eigenvalue weighted by atomic mass is 10.2. The minimum atomic E-state index is 0.534. The van der Waals surface area contributed by atoms with E-state index in [2.05, 4.69) is 22.5 Å². The van der Waals surface area contributed by atoms with Crippen molar-refractivity contribution in [3.8, 4) is 11.5 Å². The van der Waals surface area contributed by atoms with Gasteiger partial charge in [-0.15, -0.1) is 0 Å². The fourth-order valence-electron chi connectivity index (χ4n) is 2.30. The van der Waals surface area contributed by atoms with Crippen LogP contribution < -0.4 is 20.1 Å². The molecule has 0 aliphatic carbocycles. The second-order valence-electron chi connectivity index (χ2n) is 5.71. The van der Waals surface area contributed by atoms with E-state index in [1.165, 1.54) is 0 Å². The number of nitrogens with one attached hydrogen (secondary N) is 2. The molecule has 0 aliphatic heterocycles. The fourth-order valence-corrected chi connectivity index (χ4v) is 2.58. The maximum Gasteiger partial charge on any atom is 0.191 e. The van der Waals surface area contributed by atoms with Gasteiger partial charge < -0.3 is 24.8 Å². The van der Waals surface area contributed by atoms with E-state index in [-0.39, 0.29) is 0 Å². The van der Waals surface area contributed by atoms with Gasteiger partial charge in [0.2, 0.25) is 0 Å². The zero-order valence-corrected chi connectivity index (χ0v) is 17.1. The zero-order valence-electron chi connectivity index (χ0n) is 16.4. The number of benzene rings is 1. The van der Waals surface area contributed by atoms with Crippen molar-refractivity contribution >= 4 is 17.6 Å². The molecule has 2 N–H and O–H groups in total. The molecule has 0 aromatic heterocycles. The lowest BCUT2D eigenvalue weighted by molar-refractivity contribution is 0.129. The van der Waals surface area contributed by atoms with Crippen LogP contribution in [0.5, 0.6) is 11.5 Å². The van der Waals surface area contributed by atoms with Crippen molar-refractivity contribution < 1.29 is 14.2 Å². The molecule has 0 fully saturated rings. The minimum absolute atomic E-state index is 0.534. The average molecular weight is 386 g/mol. The molecule has 0 radical (unpaired) electrons. The first-order valence-electron chi connectivity index (χ1n) is 9.17. The van der Waals surface area contributed by atoms with Gasteiger partial charge in [0.05, 0.1) is 18.7 Å². The van der Waals surface area contributed by atoms with Gasteiger partial charge in [0.1, 0.15) is 0 Å². The van der Waals surface area contributed by atoms with Gasteiger partial charge in [-0.05, 0) is 37.5 Å². The highest BCUT2D eigenvalue weighted by Crippen LogP contribution is 2.36. The summed E-state index contributed by atoms with van der Waals surface area (Å²) in [6.07, 6.45) is 3.22. The number of unbranched alkanes of at least 4 members (excludes halogenated alkanes) is 1. The number of hydrogen-bond donors (Lipinski definition) is 2. The van der Waals surface area contributed by atoms with E-state index in [1.54, 1.807) is 14.2 Å². The van der Waals surface area contributed by atoms with Gasteiger partial charge in [0, 0.05) is 33.4 Å². The highest BCUT2D eigenvalue weighted by Gasteiger charge is 2.11. The van der Waals surface area contributed by atoms with E-state index < -0.39 is 0 Å². The molecule has 0 amide bonds. The third kappa shape index (κ3) is 8.15. The van der Waals surface area contributed by atoms with Gasteiger partial charge in [0.15, 0.2) is 17.5 Å². The third-order valence-corrected chi connectivity index (χ3v) is 3.94. The molecule has 0 saturated carbocycles. The predicted octanol–water partition coefficient (Wildman–Crippen LogP) is 3.62. The molecule has 0 aliphatic rings. The normalized spacial score (nSPS) is 11.3. The number of nitrogens with zero attached hydrogens (tertiary/aromatic N) is 1. The first-order valence-corrected chi connectivity index (χ1v) is 9.55. The SMILES string of the molecule is CCCCOCCCNC(=NC)NCc1cc(Cl)c(OCC)c(OC)c1. The summed E-state index contributed by atoms with van der Waals surface area (Å²) < 4.78 is 16.5. The average Bonchev–Trinajstić information content (AvgIpc) is 2.65. The monoisotopic (exact) mass is 385 g/mol. The number of methoxy groups -OCH3 is 1. The van der Waals surface area contributed by atoms with Gasteiger partial charge in [-0.1, -0.05) is 24.9 Å². The number of rotatable bonds is 12. The van der Waals surface area contributed by atoms with Crippen LogP contribution in [-0.4, -0.2) is 46.5 Å². The van der Waals surface area contributed by atoms with Gasteiger partial charge in [0.25, 0.3) is 0 Å². The van der Waals surface area contributed by atoms with Crippen LogP contribution in [0.1, 0.15) is 38.7 Å². The smallest absolute Gasteiger partial charge is 0.191 e. The van der Waals surface area contributed by atoms with Crippen LogP contribution in [0.2, 0.25) is 5.02 Å². The van der Waals surface area contributed by atoms with Crippen molar-refractivity contribution in [2.24, 2.45) is 4.99 Å². The maximum atomic E-state index is 6.30. The molecule has 0 atom stereocenters. The quantitative estimate of drug-likeness (QED) is 0.327. The van der Waals surface area contributed by atoms with Crippen molar-refractivity contribution in [3.05, 3.63) is 22.7 Å². The first-order chi connectivity index (χ1) is 12.7. The molecule has 26 heavy (non-hydrogen) atoms. The lowest BCUT2D eigenvalue weighted by Gasteiger charge is -2.15. The van der Waals surface area contributed by atoms with Crippen molar-refractivity contribution in [2.45, 2.75) is 39.7 Å². The first kappa shape index (κ1) is 22.4. The van der Waals surface area contributed by atoms with Crippen LogP contribution in [0.3, 0.4) is 0 Å². The van der Waals surface area contributed by atoms with Crippen molar-refractivity contribution in [2.75, 3.05) is 40.5 Å². The Morgan fingerprint density at radius 2 is 1.92 bits per heavy atom. The highest BCUT2D eigenvalue weighted by atomic mass is 35.5. The van der Waals surface area contributed by atoms with E-state index >= 15 is 0 Å². The second-order valence-corrected chi connectivity index (χ2v) is 6.12. The Labute approximate surface area is 162 Å². The Hall–Kier alpha value is -1.66. The molecule has 148 valence electrons. The molecule has 1 aromatic carbocycles. The third-order valence-electron chi connectivity index (χ3n) is 3.66. The number of aliphatic imine (C=N–C) groups is 1. The minimum Gasteiger partial charge on any atom is -0.493 e. The van der Waals surface area contributed by atoms with Crippen molar-refractivity contribution in [1.82, 2.24) is 10.6 Å². The molecule has 7 heteroatoms. The van der Waals surface area contributed by atoms with E-state index in [4.69, 9.17) is 25.8 Å². The van der Waals surface area contributed by atoms with Gasteiger partial charge in [-0.2, -0.15) is 0 Å². The number of guanidine groups is 1. The summed E-state index contributed by atoms with van der Waals surface area (Å²) in [5.74, 6) is 1.94. The Balaban J connectivity index is 2.44. The highest BCUT2D eigenvalue weighted by molar-refractivity contribution is 6.32. The Bertz CT molecular complexity index is 553. The van der Waals surface area contributed by atoms with E-state index in [9.17, 15) is 0 Å². The topological polar surface area (TPSA) is 64.1 Å². The summed E-state index contributed by atoms with van der Waals surface area (Å²) in [7, 11) is 3.35. The van der Waals surface area contributed by atoms with Crippen molar-refractivity contribution in [1.29, 1.82) is 0 Å². The van der Waals surface area contributed by atoms with Crippen LogP contribution in [0.4, 0.5) is 0 Å². The molecule has 1 rings (SSSR count). The number of hydrogen-bond acceptors (Lipinski definition) is 4. The van der Waals surface area contributed by atoms with Crippen LogP contribution in [0.25, 0.3) is 0 Å². The maximum absolute atomic E-state index is 6.30. The molecule has 0 saturated heterocycles. The summed E-state index contributed by atoms with van der Waals surface area (Å²) in [4.78, 5) is 4.23. The van der Waals surface area contributed by atoms with E-state index in [1.807, 2.05) is 19.1 Å². The van der Waals surface area contributed by atoms with Crippen molar-refractivity contribution in [3.63, 3.8) is 0 Å². The van der Waals surface area contributed by atoms with E-state index in [0.717, 1.165) is 50.5 Å². The zero-order chi connectivity index (χ0) is 19.2. The predicted molar refractivity (Wildman–Crippen MR) is 108 cm³/mol.